The Labute approximate surface area is 162 Å². The van der Waals surface area contributed by atoms with Gasteiger partial charge in [0.15, 0.2) is 11.5 Å². The largest absolute Gasteiger partial charge is 0.490 e. The van der Waals surface area contributed by atoms with Crippen molar-refractivity contribution in [2.24, 2.45) is 0 Å². The average molecular weight is 383 g/mol. The monoisotopic (exact) mass is 383 g/mol. The molecule has 0 aliphatic carbocycles. The second kappa shape index (κ2) is 9.14. The van der Waals surface area contributed by atoms with E-state index in [1.807, 2.05) is 31.4 Å². The van der Waals surface area contributed by atoms with Crippen LogP contribution in [-0.2, 0) is 13.2 Å². The molecular weight excluding hydrogens is 362 g/mol. The summed E-state index contributed by atoms with van der Waals surface area (Å²) in [7, 11) is 0. The van der Waals surface area contributed by atoms with Crippen molar-refractivity contribution >= 4 is 17.2 Å². The molecule has 0 aliphatic rings. The molecule has 0 atom stereocenters. The molecule has 0 spiro atoms. The Morgan fingerprint density at radius 2 is 1.96 bits per heavy atom. The highest BCUT2D eigenvalue weighted by molar-refractivity contribution is 7.09. The van der Waals surface area contributed by atoms with E-state index in [-0.39, 0.29) is 5.91 Å². The molecule has 1 amide bonds. The molecule has 0 saturated carbocycles. The molecule has 6 nitrogen and oxygen atoms in total. The molecule has 3 aromatic rings. The highest BCUT2D eigenvalue weighted by Gasteiger charge is 2.12. The third kappa shape index (κ3) is 5.27. The minimum atomic E-state index is -0.176. The van der Waals surface area contributed by atoms with Crippen LogP contribution in [0.3, 0.4) is 0 Å². The number of aryl methyl sites for hydroxylation is 1. The third-order valence-electron chi connectivity index (χ3n) is 3.72. The summed E-state index contributed by atoms with van der Waals surface area (Å²) < 4.78 is 11.5. The smallest absolute Gasteiger partial charge is 0.251 e. The Balaban J connectivity index is 1.67. The Morgan fingerprint density at radius 3 is 2.67 bits per heavy atom. The molecule has 140 valence electrons. The number of carbonyl (C=O) groups excluding carboxylic acids is 1. The van der Waals surface area contributed by atoms with Crippen LogP contribution >= 0.6 is 11.3 Å². The molecule has 2 heterocycles. The van der Waals surface area contributed by atoms with Gasteiger partial charge in [0.1, 0.15) is 11.6 Å². The number of aromatic nitrogens is 2. The van der Waals surface area contributed by atoms with Gasteiger partial charge in [0, 0.05) is 29.0 Å². The van der Waals surface area contributed by atoms with Gasteiger partial charge in [0.25, 0.3) is 5.91 Å². The average Bonchev–Trinajstić information content (AvgIpc) is 3.11. The fraction of sp³-hybridized carbons (Fsp3) is 0.250. The Hall–Kier alpha value is -2.93. The van der Waals surface area contributed by atoms with E-state index < -0.39 is 0 Å². The van der Waals surface area contributed by atoms with Crippen molar-refractivity contribution in [3.05, 3.63) is 69.9 Å². The third-order valence-corrected chi connectivity index (χ3v) is 4.68. The summed E-state index contributed by atoms with van der Waals surface area (Å²) in [4.78, 5) is 20.8. The molecule has 0 bridgehead atoms. The second-order valence-electron chi connectivity index (χ2n) is 5.80. The first kappa shape index (κ1) is 18.8. The van der Waals surface area contributed by atoms with Crippen molar-refractivity contribution in [2.45, 2.75) is 27.0 Å². The molecule has 0 radical (unpaired) electrons. The number of carbonyl (C=O) groups is 1. The lowest BCUT2D eigenvalue weighted by atomic mass is 10.2. The molecule has 0 unspecified atom stereocenters. The molecule has 0 saturated heterocycles. The molecule has 7 heteroatoms. The van der Waals surface area contributed by atoms with Crippen LogP contribution in [0.2, 0.25) is 0 Å². The predicted molar refractivity (Wildman–Crippen MR) is 104 cm³/mol. The van der Waals surface area contributed by atoms with Gasteiger partial charge >= 0.3 is 0 Å². The first-order valence-electron chi connectivity index (χ1n) is 8.63. The maximum absolute atomic E-state index is 12.4. The Bertz CT molecular complexity index is 896. The van der Waals surface area contributed by atoms with Crippen LogP contribution in [0.15, 0.2) is 48.1 Å². The lowest BCUT2D eigenvalue weighted by Crippen LogP contribution is -2.22. The van der Waals surface area contributed by atoms with Gasteiger partial charge < -0.3 is 14.8 Å². The number of nitrogens with one attached hydrogen (secondary N) is 1. The molecule has 0 aliphatic heterocycles. The summed E-state index contributed by atoms with van der Waals surface area (Å²) in [6, 6.07) is 8.97. The Morgan fingerprint density at radius 1 is 1.15 bits per heavy atom. The van der Waals surface area contributed by atoms with E-state index in [1.165, 1.54) is 11.3 Å². The molecule has 1 N–H and O–H groups in total. The standard InChI is InChI=1S/C20H21N3O3S/c1-3-25-18-10-16(20(24)22-11-19-23-14(2)13-27-19)4-5-17(18)26-12-15-6-8-21-9-7-15/h4-10,13H,3,11-12H2,1-2H3,(H,22,24). The van der Waals surface area contributed by atoms with Gasteiger partial charge in [-0.25, -0.2) is 4.98 Å². The van der Waals surface area contributed by atoms with Gasteiger partial charge in [-0.05, 0) is 49.7 Å². The van der Waals surface area contributed by atoms with Crippen molar-refractivity contribution in [1.82, 2.24) is 15.3 Å². The first-order valence-corrected chi connectivity index (χ1v) is 9.51. The minimum Gasteiger partial charge on any atom is -0.490 e. The number of benzene rings is 1. The lowest BCUT2D eigenvalue weighted by molar-refractivity contribution is 0.0950. The van der Waals surface area contributed by atoms with E-state index in [0.29, 0.717) is 36.8 Å². The number of nitrogens with zero attached hydrogens (tertiary/aromatic N) is 2. The SMILES string of the molecule is CCOc1cc(C(=O)NCc2nc(C)cs2)ccc1OCc1ccncc1. The lowest BCUT2D eigenvalue weighted by Gasteiger charge is -2.13. The van der Waals surface area contributed by atoms with E-state index in [9.17, 15) is 4.79 Å². The molecule has 27 heavy (non-hydrogen) atoms. The number of rotatable bonds is 8. The fourth-order valence-electron chi connectivity index (χ4n) is 2.42. The van der Waals surface area contributed by atoms with Crippen LogP contribution in [0, 0.1) is 6.92 Å². The molecule has 3 rings (SSSR count). The Kier molecular flexibility index (Phi) is 6.38. The maximum Gasteiger partial charge on any atom is 0.251 e. The van der Waals surface area contributed by atoms with Gasteiger partial charge in [0.2, 0.25) is 0 Å². The fourth-order valence-corrected chi connectivity index (χ4v) is 3.13. The van der Waals surface area contributed by atoms with E-state index in [1.54, 1.807) is 30.6 Å². The van der Waals surface area contributed by atoms with Crippen LogP contribution in [0.1, 0.15) is 33.5 Å². The van der Waals surface area contributed by atoms with Crippen molar-refractivity contribution in [1.29, 1.82) is 0 Å². The van der Waals surface area contributed by atoms with Crippen molar-refractivity contribution in [3.63, 3.8) is 0 Å². The van der Waals surface area contributed by atoms with Gasteiger partial charge in [-0.3, -0.25) is 9.78 Å². The van der Waals surface area contributed by atoms with E-state index in [0.717, 1.165) is 16.3 Å². The zero-order chi connectivity index (χ0) is 19.1. The summed E-state index contributed by atoms with van der Waals surface area (Å²) in [6.07, 6.45) is 3.44. The topological polar surface area (TPSA) is 73.3 Å². The second-order valence-corrected chi connectivity index (χ2v) is 6.75. The van der Waals surface area contributed by atoms with E-state index in [4.69, 9.17) is 9.47 Å². The molecule has 2 aromatic heterocycles. The van der Waals surface area contributed by atoms with Gasteiger partial charge in [-0.1, -0.05) is 0 Å². The van der Waals surface area contributed by atoms with Gasteiger partial charge in [-0.15, -0.1) is 11.3 Å². The minimum absolute atomic E-state index is 0.176. The number of hydrogen-bond donors (Lipinski definition) is 1. The molecular formula is C20H21N3O3S. The van der Waals surface area contributed by atoms with E-state index in [2.05, 4.69) is 15.3 Å². The van der Waals surface area contributed by atoms with Crippen LogP contribution in [0.25, 0.3) is 0 Å². The zero-order valence-corrected chi connectivity index (χ0v) is 16.1. The summed E-state index contributed by atoms with van der Waals surface area (Å²) in [5, 5.41) is 5.72. The van der Waals surface area contributed by atoms with Crippen LogP contribution in [-0.4, -0.2) is 22.5 Å². The molecule has 1 aromatic carbocycles. The summed E-state index contributed by atoms with van der Waals surface area (Å²) in [5.41, 5.74) is 2.48. The first-order chi connectivity index (χ1) is 13.2. The summed E-state index contributed by atoms with van der Waals surface area (Å²) in [6.45, 7) is 5.11. The highest BCUT2D eigenvalue weighted by Crippen LogP contribution is 2.29. The van der Waals surface area contributed by atoms with Crippen LogP contribution in [0.4, 0.5) is 0 Å². The zero-order valence-electron chi connectivity index (χ0n) is 15.3. The number of amides is 1. The number of thiazole rings is 1. The normalized spacial score (nSPS) is 10.4. The van der Waals surface area contributed by atoms with Gasteiger partial charge in [0.05, 0.1) is 13.2 Å². The van der Waals surface area contributed by atoms with E-state index >= 15 is 0 Å². The summed E-state index contributed by atoms with van der Waals surface area (Å²) >= 11 is 1.53. The van der Waals surface area contributed by atoms with Crippen molar-refractivity contribution in [2.75, 3.05) is 6.61 Å². The van der Waals surface area contributed by atoms with Crippen LogP contribution < -0.4 is 14.8 Å². The van der Waals surface area contributed by atoms with Crippen LogP contribution in [0.5, 0.6) is 11.5 Å². The summed E-state index contributed by atoms with van der Waals surface area (Å²) in [5.74, 6) is 0.967. The van der Waals surface area contributed by atoms with Crippen molar-refractivity contribution < 1.29 is 14.3 Å². The van der Waals surface area contributed by atoms with Crippen molar-refractivity contribution in [3.8, 4) is 11.5 Å². The highest BCUT2D eigenvalue weighted by atomic mass is 32.1. The number of pyridine rings is 1. The number of hydrogen-bond acceptors (Lipinski definition) is 6. The number of ether oxygens (including phenoxy) is 2. The predicted octanol–water partition coefficient (Wildman–Crippen LogP) is 3.75. The molecule has 0 fully saturated rings. The quantitative estimate of drug-likeness (QED) is 0.641. The maximum atomic E-state index is 12.4. The van der Waals surface area contributed by atoms with Gasteiger partial charge in [-0.2, -0.15) is 0 Å².